The number of hydrogen-bond donors (Lipinski definition) is 1. The average molecular weight is 481 g/mol. The first-order valence-corrected chi connectivity index (χ1v) is 10.5. The first kappa shape index (κ1) is 22.5. The van der Waals surface area contributed by atoms with E-state index in [0.717, 1.165) is 0 Å². The van der Waals surface area contributed by atoms with Gasteiger partial charge in [-0.3, -0.25) is 10.1 Å². The van der Waals surface area contributed by atoms with Gasteiger partial charge >= 0.3 is 6.18 Å². The van der Waals surface area contributed by atoms with Crippen LogP contribution >= 0.6 is 15.9 Å². The topological polar surface area (TPSA) is 41.6 Å². The molecule has 2 unspecified atom stereocenters. The van der Waals surface area contributed by atoms with Gasteiger partial charge in [0.05, 0.1) is 18.6 Å². The maximum absolute atomic E-state index is 14.2. The summed E-state index contributed by atoms with van der Waals surface area (Å²) in [6.07, 6.45) is -5.86. The van der Waals surface area contributed by atoms with E-state index in [1.54, 1.807) is 0 Å². The van der Waals surface area contributed by atoms with Crippen LogP contribution in [-0.2, 0) is 9.53 Å². The van der Waals surface area contributed by atoms with Gasteiger partial charge in [-0.2, -0.15) is 13.2 Å². The van der Waals surface area contributed by atoms with E-state index in [-0.39, 0.29) is 24.4 Å². The Kier molecular flexibility index (Phi) is 6.90. The molecule has 29 heavy (non-hydrogen) atoms. The van der Waals surface area contributed by atoms with Gasteiger partial charge in [-0.1, -0.05) is 41.9 Å². The quantitative estimate of drug-likeness (QED) is 0.613. The first-order valence-electron chi connectivity index (χ1n) is 9.72. The van der Waals surface area contributed by atoms with Crippen LogP contribution in [0.5, 0.6) is 0 Å². The van der Waals surface area contributed by atoms with Crippen LogP contribution in [0, 0.1) is 5.92 Å². The lowest BCUT2D eigenvalue weighted by Gasteiger charge is -2.32. The van der Waals surface area contributed by atoms with E-state index in [4.69, 9.17) is 4.74 Å². The normalized spacial score (nSPS) is 26.6. The molecule has 162 valence electrons. The van der Waals surface area contributed by atoms with Crippen molar-refractivity contribution in [1.82, 2.24) is 10.2 Å². The van der Waals surface area contributed by atoms with Crippen LogP contribution in [0.25, 0.3) is 0 Å². The second-order valence-electron chi connectivity index (χ2n) is 8.07. The molecule has 0 aliphatic carbocycles. The van der Waals surface area contributed by atoms with Crippen molar-refractivity contribution in [2.45, 2.75) is 63.3 Å². The molecule has 3 rings (SSSR count). The molecule has 0 spiro atoms. The van der Waals surface area contributed by atoms with Crippen molar-refractivity contribution >= 4 is 21.8 Å². The number of carbonyl (C=O) groups is 1. The summed E-state index contributed by atoms with van der Waals surface area (Å²) in [5.74, 6) is -0.514. The zero-order valence-electron chi connectivity index (χ0n) is 16.3. The van der Waals surface area contributed by atoms with E-state index < -0.39 is 42.5 Å². The second kappa shape index (κ2) is 8.89. The largest absolute Gasteiger partial charge is 0.407 e. The predicted octanol–water partition coefficient (Wildman–Crippen LogP) is 4.39. The molecule has 1 N–H and O–H groups in total. The van der Waals surface area contributed by atoms with Gasteiger partial charge in [-0.05, 0) is 36.5 Å². The van der Waals surface area contributed by atoms with Crippen molar-refractivity contribution < 1.29 is 27.1 Å². The Labute approximate surface area is 176 Å². The Bertz CT molecular complexity index is 713. The molecule has 1 aromatic rings. The van der Waals surface area contributed by atoms with E-state index in [0.29, 0.717) is 17.5 Å². The Morgan fingerprint density at radius 3 is 2.55 bits per heavy atom. The molecule has 0 saturated carbocycles. The van der Waals surface area contributed by atoms with Gasteiger partial charge in [0.25, 0.3) is 0 Å². The van der Waals surface area contributed by atoms with E-state index in [1.165, 1.54) is 29.2 Å². The Balaban J connectivity index is 1.85. The van der Waals surface area contributed by atoms with Gasteiger partial charge in [-0.15, -0.1) is 0 Å². The molecular formula is C20H25BrF4N2O2. The standard InChI is InChI=1S/C20H25BrF4N2O2/c1-11(2)9-15(19(28)27-10-14(22)17-16(27)7-8-29-17)26-18(20(23,24)25)12-3-5-13(21)6-4-12/h3-6,11,14-18,26H,7-10H2,1-2H3/t14-,15?,16+,17+,18?/m0/s1. The van der Waals surface area contributed by atoms with Gasteiger partial charge in [-0.25, -0.2) is 4.39 Å². The average Bonchev–Trinajstić information content (AvgIpc) is 3.22. The van der Waals surface area contributed by atoms with Gasteiger partial charge in [0.1, 0.15) is 18.3 Å². The fourth-order valence-corrected chi connectivity index (χ4v) is 4.37. The molecule has 0 aromatic heterocycles. The molecule has 2 saturated heterocycles. The third-order valence-corrected chi connectivity index (χ3v) is 5.95. The summed E-state index contributed by atoms with van der Waals surface area (Å²) in [4.78, 5) is 14.6. The van der Waals surface area contributed by atoms with E-state index in [2.05, 4.69) is 21.2 Å². The van der Waals surface area contributed by atoms with Crippen molar-refractivity contribution in [2.75, 3.05) is 13.2 Å². The van der Waals surface area contributed by atoms with Crippen LogP contribution < -0.4 is 5.32 Å². The van der Waals surface area contributed by atoms with Crippen LogP contribution in [0.3, 0.4) is 0 Å². The van der Waals surface area contributed by atoms with Crippen molar-refractivity contribution in [3.63, 3.8) is 0 Å². The maximum atomic E-state index is 14.2. The molecule has 1 aromatic carbocycles. The highest BCUT2D eigenvalue weighted by atomic mass is 79.9. The molecule has 2 aliphatic heterocycles. The summed E-state index contributed by atoms with van der Waals surface area (Å²) in [5.41, 5.74) is 0.0223. The van der Waals surface area contributed by atoms with Gasteiger partial charge < -0.3 is 9.64 Å². The highest BCUT2D eigenvalue weighted by Crippen LogP contribution is 2.36. The fourth-order valence-electron chi connectivity index (χ4n) is 4.11. The number of hydrogen-bond acceptors (Lipinski definition) is 3. The number of nitrogens with zero attached hydrogens (tertiary/aromatic N) is 1. The number of carbonyl (C=O) groups excluding carboxylic acids is 1. The number of rotatable bonds is 6. The molecular weight excluding hydrogens is 456 g/mol. The number of ether oxygens (including phenoxy) is 1. The van der Waals surface area contributed by atoms with Crippen molar-refractivity contribution in [3.8, 4) is 0 Å². The van der Waals surface area contributed by atoms with Crippen molar-refractivity contribution in [2.24, 2.45) is 5.92 Å². The summed E-state index contributed by atoms with van der Waals surface area (Å²) >= 11 is 3.22. The van der Waals surface area contributed by atoms with Crippen LogP contribution in [0.1, 0.15) is 38.3 Å². The molecule has 2 aliphatic rings. The molecule has 5 atom stereocenters. The van der Waals surface area contributed by atoms with E-state index in [9.17, 15) is 22.4 Å². The summed E-state index contributed by atoms with van der Waals surface area (Å²) < 4.78 is 61.8. The van der Waals surface area contributed by atoms with E-state index >= 15 is 0 Å². The highest BCUT2D eigenvalue weighted by Gasteiger charge is 2.50. The Morgan fingerprint density at radius 2 is 1.97 bits per heavy atom. The smallest absolute Gasteiger partial charge is 0.373 e. The lowest BCUT2D eigenvalue weighted by atomic mass is 9.98. The minimum atomic E-state index is -4.59. The van der Waals surface area contributed by atoms with Gasteiger partial charge in [0.15, 0.2) is 0 Å². The summed E-state index contributed by atoms with van der Waals surface area (Å²) in [7, 11) is 0. The number of nitrogens with one attached hydrogen (secondary N) is 1. The number of fused-ring (bicyclic) bond motifs is 1. The van der Waals surface area contributed by atoms with Crippen molar-refractivity contribution in [3.05, 3.63) is 34.3 Å². The fraction of sp³-hybridized carbons (Fsp3) is 0.650. The number of benzene rings is 1. The van der Waals surface area contributed by atoms with E-state index in [1.807, 2.05) is 13.8 Å². The summed E-state index contributed by atoms with van der Waals surface area (Å²) in [6, 6.07) is 2.33. The lowest BCUT2D eigenvalue weighted by molar-refractivity contribution is -0.162. The first-order chi connectivity index (χ1) is 13.6. The second-order valence-corrected chi connectivity index (χ2v) is 8.99. The summed E-state index contributed by atoms with van der Waals surface area (Å²) in [6.45, 7) is 3.90. The maximum Gasteiger partial charge on any atom is 0.407 e. The van der Waals surface area contributed by atoms with Gasteiger partial charge in [0, 0.05) is 11.1 Å². The number of alkyl halides is 4. The van der Waals surface area contributed by atoms with Crippen molar-refractivity contribution in [1.29, 1.82) is 0 Å². The van der Waals surface area contributed by atoms with Crippen LogP contribution in [0.2, 0.25) is 0 Å². The van der Waals surface area contributed by atoms with Gasteiger partial charge in [0.2, 0.25) is 5.91 Å². The SMILES string of the molecule is CC(C)CC(NC(c1ccc(Br)cc1)C(F)(F)F)C(=O)N1C[C@H](F)[C@H]2OCC[C@H]21. The zero-order chi connectivity index (χ0) is 21.3. The number of likely N-dealkylation sites (tertiary alicyclic amines) is 1. The monoisotopic (exact) mass is 480 g/mol. The minimum absolute atomic E-state index is 0.0188. The zero-order valence-corrected chi connectivity index (χ0v) is 17.8. The number of amides is 1. The lowest BCUT2D eigenvalue weighted by Crippen LogP contribution is -2.52. The molecule has 2 heterocycles. The third-order valence-electron chi connectivity index (χ3n) is 5.42. The summed E-state index contributed by atoms with van der Waals surface area (Å²) in [5, 5.41) is 2.54. The Hall–Kier alpha value is -1.19. The molecule has 1 amide bonds. The molecule has 9 heteroatoms. The molecule has 2 fully saturated rings. The van der Waals surface area contributed by atoms with Crippen LogP contribution in [0.4, 0.5) is 17.6 Å². The molecule has 4 nitrogen and oxygen atoms in total. The number of halogens is 5. The third kappa shape index (κ3) is 5.11. The minimum Gasteiger partial charge on any atom is -0.373 e. The molecule has 0 bridgehead atoms. The Morgan fingerprint density at radius 1 is 1.31 bits per heavy atom. The van der Waals surface area contributed by atoms with Crippen LogP contribution in [0.15, 0.2) is 28.7 Å². The molecule has 0 radical (unpaired) electrons. The van der Waals surface area contributed by atoms with Crippen LogP contribution in [-0.4, -0.2) is 54.5 Å². The highest BCUT2D eigenvalue weighted by molar-refractivity contribution is 9.10. The predicted molar refractivity (Wildman–Crippen MR) is 104 cm³/mol.